The van der Waals surface area contributed by atoms with E-state index < -0.39 is 0 Å². The van der Waals surface area contributed by atoms with Crippen LogP contribution in [0.1, 0.15) is 48.2 Å². The van der Waals surface area contributed by atoms with Crippen molar-refractivity contribution in [1.82, 2.24) is 9.47 Å². The van der Waals surface area contributed by atoms with E-state index in [0.717, 1.165) is 36.3 Å². The van der Waals surface area contributed by atoms with Crippen LogP contribution in [0.4, 0.5) is 10.2 Å². The Morgan fingerprint density at radius 2 is 2.10 bits per heavy atom. The van der Waals surface area contributed by atoms with Crippen LogP contribution in [0, 0.1) is 31.0 Å². The van der Waals surface area contributed by atoms with Gasteiger partial charge in [-0.1, -0.05) is 12.1 Å². The van der Waals surface area contributed by atoms with Crippen molar-refractivity contribution in [3.05, 3.63) is 52.5 Å². The predicted octanol–water partition coefficient (Wildman–Crippen LogP) is 3.93. The minimum absolute atomic E-state index is 0.0612. The number of halogens is 1. The molecule has 160 valence electrons. The Hall–Kier alpha value is -2.69. The summed E-state index contributed by atoms with van der Waals surface area (Å²) in [5, 5.41) is 12.6. The Bertz CT molecular complexity index is 940. The minimum atomic E-state index is -0.284. The smallest absolute Gasteiger partial charge is 0.239 e. The van der Waals surface area contributed by atoms with E-state index in [4.69, 9.17) is 4.74 Å². The molecule has 1 aliphatic heterocycles. The van der Waals surface area contributed by atoms with Crippen LogP contribution in [0.5, 0.6) is 0 Å². The molecule has 1 saturated heterocycles. The summed E-state index contributed by atoms with van der Waals surface area (Å²) in [6.07, 6.45) is 2.10. The number of ether oxygens (including phenoxy) is 1. The zero-order valence-electron chi connectivity index (χ0n) is 18.0. The van der Waals surface area contributed by atoms with E-state index in [1.54, 1.807) is 12.1 Å². The summed E-state index contributed by atoms with van der Waals surface area (Å²) < 4.78 is 20.9. The van der Waals surface area contributed by atoms with Crippen LogP contribution in [0.25, 0.3) is 0 Å². The lowest BCUT2D eigenvalue weighted by atomic mass is 10.1. The van der Waals surface area contributed by atoms with Crippen LogP contribution in [0.15, 0.2) is 24.3 Å². The third kappa shape index (κ3) is 4.72. The minimum Gasteiger partial charge on any atom is -0.376 e. The average molecular weight is 413 g/mol. The number of carbonyl (C=O) groups excluding carboxylic acids is 1. The predicted molar refractivity (Wildman–Crippen MR) is 114 cm³/mol. The fraction of sp³-hybridized carbons (Fsp3) is 0.478. The number of aromatic nitrogens is 1. The summed E-state index contributed by atoms with van der Waals surface area (Å²) in [5.74, 6) is 0.0537. The van der Waals surface area contributed by atoms with Gasteiger partial charge in [0.15, 0.2) is 0 Å². The number of nitrogens with one attached hydrogen (secondary N) is 1. The molecule has 2 atom stereocenters. The molecular formula is C23H29FN4O2. The number of rotatable bonds is 7. The molecule has 30 heavy (non-hydrogen) atoms. The van der Waals surface area contributed by atoms with Gasteiger partial charge in [0.05, 0.1) is 24.8 Å². The van der Waals surface area contributed by atoms with Gasteiger partial charge in [0.1, 0.15) is 17.7 Å². The zero-order chi connectivity index (χ0) is 21.8. The van der Waals surface area contributed by atoms with Gasteiger partial charge in [-0.2, -0.15) is 5.26 Å². The molecule has 0 saturated carbocycles. The highest BCUT2D eigenvalue weighted by molar-refractivity contribution is 5.93. The highest BCUT2D eigenvalue weighted by Crippen LogP contribution is 2.28. The Labute approximate surface area is 177 Å². The second-order valence-corrected chi connectivity index (χ2v) is 7.98. The number of amides is 1. The van der Waals surface area contributed by atoms with Crippen molar-refractivity contribution in [2.24, 2.45) is 0 Å². The lowest BCUT2D eigenvalue weighted by Crippen LogP contribution is -2.33. The van der Waals surface area contributed by atoms with Crippen LogP contribution < -0.4 is 5.32 Å². The fourth-order valence-electron chi connectivity index (χ4n) is 3.88. The van der Waals surface area contributed by atoms with Crippen molar-refractivity contribution < 1.29 is 13.9 Å². The molecule has 7 heteroatoms. The monoisotopic (exact) mass is 412 g/mol. The Morgan fingerprint density at radius 1 is 1.40 bits per heavy atom. The van der Waals surface area contributed by atoms with Crippen molar-refractivity contribution in [2.45, 2.75) is 52.3 Å². The normalized spacial score (nSPS) is 17.2. The van der Waals surface area contributed by atoms with E-state index in [1.807, 2.05) is 37.3 Å². The molecule has 2 unspecified atom stereocenters. The summed E-state index contributed by atoms with van der Waals surface area (Å²) >= 11 is 0. The van der Waals surface area contributed by atoms with Crippen molar-refractivity contribution in [3.8, 4) is 6.07 Å². The SMILES string of the molecule is Cc1c(C#N)c(NC(=O)CN(C)C(C)c2ccc(F)cc2)n(CC2CCCO2)c1C. The van der Waals surface area contributed by atoms with Crippen molar-refractivity contribution in [1.29, 1.82) is 5.26 Å². The average Bonchev–Trinajstić information content (AvgIpc) is 3.31. The van der Waals surface area contributed by atoms with Gasteiger partial charge < -0.3 is 14.6 Å². The Kier molecular flexibility index (Phi) is 6.91. The molecule has 0 aliphatic carbocycles. The summed E-state index contributed by atoms with van der Waals surface area (Å²) in [5.41, 5.74) is 3.26. The summed E-state index contributed by atoms with van der Waals surface area (Å²) in [6, 6.07) is 8.46. The molecule has 1 aliphatic rings. The van der Waals surface area contributed by atoms with E-state index in [1.165, 1.54) is 12.1 Å². The maximum Gasteiger partial charge on any atom is 0.239 e. The van der Waals surface area contributed by atoms with Gasteiger partial charge in [-0.15, -0.1) is 0 Å². The molecule has 0 bridgehead atoms. The number of carbonyl (C=O) groups is 1. The first-order valence-corrected chi connectivity index (χ1v) is 10.3. The third-order valence-corrected chi connectivity index (χ3v) is 6.02. The molecule has 2 aromatic rings. The second-order valence-electron chi connectivity index (χ2n) is 7.98. The van der Waals surface area contributed by atoms with Crippen LogP contribution in [0.2, 0.25) is 0 Å². The Morgan fingerprint density at radius 3 is 2.70 bits per heavy atom. The van der Waals surface area contributed by atoms with E-state index in [-0.39, 0.29) is 30.4 Å². The maximum absolute atomic E-state index is 13.2. The highest BCUT2D eigenvalue weighted by atomic mass is 19.1. The molecule has 0 spiro atoms. The van der Waals surface area contributed by atoms with Gasteiger partial charge in [0.25, 0.3) is 0 Å². The van der Waals surface area contributed by atoms with Crippen molar-refractivity contribution >= 4 is 11.7 Å². The number of benzene rings is 1. The van der Waals surface area contributed by atoms with Gasteiger partial charge in [0.2, 0.25) is 5.91 Å². The van der Waals surface area contributed by atoms with Gasteiger partial charge in [0, 0.05) is 18.3 Å². The van der Waals surface area contributed by atoms with Crippen LogP contribution >= 0.6 is 0 Å². The molecular weight excluding hydrogens is 383 g/mol. The molecule has 1 aromatic carbocycles. The quantitative estimate of drug-likeness (QED) is 0.748. The molecule has 2 heterocycles. The number of anilines is 1. The van der Waals surface area contributed by atoms with Gasteiger partial charge in [-0.25, -0.2) is 4.39 Å². The van der Waals surface area contributed by atoms with E-state index >= 15 is 0 Å². The van der Waals surface area contributed by atoms with Gasteiger partial charge in [-0.05, 0) is 63.9 Å². The lowest BCUT2D eigenvalue weighted by molar-refractivity contribution is -0.117. The van der Waals surface area contributed by atoms with E-state index in [0.29, 0.717) is 17.9 Å². The largest absolute Gasteiger partial charge is 0.376 e. The summed E-state index contributed by atoms with van der Waals surface area (Å²) in [4.78, 5) is 14.7. The first kappa shape index (κ1) is 22.0. The standard InChI is InChI=1S/C23H29FN4O2/c1-15-16(2)28(13-20-6-5-11-30-20)23(21(15)12-25)26-22(29)14-27(4)17(3)18-7-9-19(24)10-8-18/h7-10,17,20H,5-6,11,13-14H2,1-4H3,(H,26,29). The summed E-state index contributed by atoms with van der Waals surface area (Å²) in [7, 11) is 1.85. The number of hydrogen-bond acceptors (Lipinski definition) is 4. The fourth-order valence-corrected chi connectivity index (χ4v) is 3.88. The maximum atomic E-state index is 13.2. The molecule has 6 nitrogen and oxygen atoms in total. The number of nitrogens with zero attached hydrogens (tertiary/aromatic N) is 3. The third-order valence-electron chi connectivity index (χ3n) is 6.02. The van der Waals surface area contributed by atoms with Crippen molar-refractivity contribution in [2.75, 3.05) is 25.5 Å². The van der Waals surface area contributed by atoms with E-state index in [2.05, 4.69) is 11.4 Å². The van der Waals surface area contributed by atoms with Crippen LogP contribution in [0.3, 0.4) is 0 Å². The number of nitriles is 1. The second kappa shape index (κ2) is 9.41. The molecule has 1 N–H and O–H groups in total. The first-order chi connectivity index (χ1) is 14.3. The Balaban J connectivity index is 1.74. The molecule has 0 radical (unpaired) electrons. The van der Waals surface area contributed by atoms with Gasteiger partial charge in [-0.3, -0.25) is 9.69 Å². The molecule has 1 amide bonds. The zero-order valence-corrected chi connectivity index (χ0v) is 18.0. The van der Waals surface area contributed by atoms with Crippen LogP contribution in [-0.2, 0) is 16.1 Å². The van der Waals surface area contributed by atoms with Crippen LogP contribution in [-0.4, -0.2) is 41.7 Å². The van der Waals surface area contributed by atoms with Gasteiger partial charge >= 0.3 is 0 Å². The number of likely N-dealkylation sites (N-methyl/N-ethyl adjacent to an activating group) is 1. The number of hydrogen-bond donors (Lipinski definition) is 1. The molecule has 1 aromatic heterocycles. The first-order valence-electron chi connectivity index (χ1n) is 10.3. The molecule has 3 rings (SSSR count). The molecule has 1 fully saturated rings. The summed E-state index contributed by atoms with van der Waals surface area (Å²) in [6.45, 7) is 7.35. The van der Waals surface area contributed by atoms with E-state index in [9.17, 15) is 14.4 Å². The lowest BCUT2D eigenvalue weighted by Gasteiger charge is -2.25. The van der Waals surface area contributed by atoms with Crippen molar-refractivity contribution in [3.63, 3.8) is 0 Å². The highest BCUT2D eigenvalue weighted by Gasteiger charge is 2.24. The topological polar surface area (TPSA) is 70.3 Å².